The summed E-state index contributed by atoms with van der Waals surface area (Å²) in [6, 6.07) is 16.2. The molecule has 0 radical (unpaired) electrons. The Kier molecular flexibility index (Phi) is 5.38. The lowest BCUT2D eigenvalue weighted by Gasteiger charge is -2.06. The van der Waals surface area contributed by atoms with E-state index in [4.69, 9.17) is 9.15 Å². The summed E-state index contributed by atoms with van der Waals surface area (Å²) in [5.41, 5.74) is 4.86. The van der Waals surface area contributed by atoms with Crippen molar-refractivity contribution in [1.29, 1.82) is 0 Å². The minimum atomic E-state index is -0.431. The van der Waals surface area contributed by atoms with Gasteiger partial charge in [-0.2, -0.15) is 10.2 Å². The van der Waals surface area contributed by atoms with Gasteiger partial charge in [-0.25, -0.2) is 14.9 Å². The van der Waals surface area contributed by atoms with Crippen molar-refractivity contribution in [3.8, 4) is 11.4 Å². The molecule has 0 aliphatic carbocycles. The molecule has 8 nitrogen and oxygen atoms in total. The molecule has 0 unspecified atom stereocenters. The molecule has 150 valence electrons. The fourth-order valence-electron chi connectivity index (χ4n) is 2.88. The maximum absolute atomic E-state index is 12.0. The first-order valence-electron chi connectivity index (χ1n) is 9.18. The van der Waals surface area contributed by atoms with Crippen LogP contribution in [0.15, 0.2) is 81.3 Å². The molecule has 2 aromatic carbocycles. The lowest BCUT2D eigenvalue weighted by molar-refractivity contribution is -0.123. The van der Waals surface area contributed by atoms with Gasteiger partial charge in [0.15, 0.2) is 6.61 Å². The van der Waals surface area contributed by atoms with Crippen LogP contribution in [0, 0.1) is 6.92 Å². The van der Waals surface area contributed by atoms with Crippen molar-refractivity contribution in [2.75, 3.05) is 6.61 Å². The number of fused-ring (bicyclic) bond motifs is 1. The summed E-state index contributed by atoms with van der Waals surface area (Å²) < 4.78 is 12.3. The third-order valence-corrected chi connectivity index (χ3v) is 4.32. The molecule has 8 heteroatoms. The third-order valence-electron chi connectivity index (χ3n) is 4.32. The fourth-order valence-corrected chi connectivity index (χ4v) is 2.88. The minimum Gasteiger partial charge on any atom is -0.484 e. The van der Waals surface area contributed by atoms with Crippen molar-refractivity contribution in [1.82, 2.24) is 15.2 Å². The zero-order valence-electron chi connectivity index (χ0n) is 16.1. The van der Waals surface area contributed by atoms with Gasteiger partial charge in [0.1, 0.15) is 11.3 Å². The monoisotopic (exact) mass is 402 g/mol. The third kappa shape index (κ3) is 4.44. The van der Waals surface area contributed by atoms with Crippen LogP contribution in [0.4, 0.5) is 0 Å². The zero-order valence-corrected chi connectivity index (χ0v) is 16.1. The Hall–Kier alpha value is -4.20. The number of aryl methyl sites for hydroxylation is 1. The van der Waals surface area contributed by atoms with Crippen LogP contribution >= 0.6 is 0 Å². The molecule has 0 saturated heterocycles. The number of aromatic nitrogens is 2. The number of ether oxygens (including phenoxy) is 1. The summed E-state index contributed by atoms with van der Waals surface area (Å²) in [7, 11) is 0. The van der Waals surface area contributed by atoms with E-state index in [1.807, 2.05) is 37.3 Å². The summed E-state index contributed by atoms with van der Waals surface area (Å²) in [5, 5.41) is 8.98. The molecule has 2 aromatic heterocycles. The molecule has 0 atom stereocenters. The number of hydrogen-bond donors (Lipinski definition) is 1. The van der Waals surface area contributed by atoms with Crippen LogP contribution in [0.3, 0.4) is 0 Å². The molecule has 0 aliphatic rings. The number of hydrazone groups is 1. The van der Waals surface area contributed by atoms with Gasteiger partial charge in [0.05, 0.1) is 18.1 Å². The number of para-hydroxylation sites is 1. The van der Waals surface area contributed by atoms with Gasteiger partial charge in [-0.15, -0.1) is 0 Å². The molecular formula is C22H18N4O4. The topological polar surface area (TPSA) is 98.7 Å². The highest BCUT2D eigenvalue weighted by atomic mass is 16.5. The van der Waals surface area contributed by atoms with Gasteiger partial charge < -0.3 is 9.15 Å². The van der Waals surface area contributed by atoms with Crippen molar-refractivity contribution in [3.63, 3.8) is 0 Å². The molecule has 2 heterocycles. The van der Waals surface area contributed by atoms with E-state index in [0.717, 1.165) is 22.2 Å². The number of nitrogens with one attached hydrogen (secondary N) is 1. The highest BCUT2D eigenvalue weighted by molar-refractivity contribution is 5.83. The van der Waals surface area contributed by atoms with Crippen LogP contribution in [0.25, 0.3) is 16.7 Å². The Morgan fingerprint density at radius 1 is 1.23 bits per heavy atom. The first-order chi connectivity index (χ1) is 14.6. The fraction of sp³-hybridized carbons (Fsp3) is 0.0909. The standard InChI is InChI=1S/C22H18N4O4/c1-15-9-22(28)30-20-10-18(7-8-19(15)20)29-14-21(27)25-23-11-16-12-24-26(13-16)17-5-3-2-4-6-17/h2-13H,14H2,1H3,(H,25,27)/b23-11-. The summed E-state index contributed by atoms with van der Waals surface area (Å²) in [6.45, 7) is 1.59. The predicted octanol–water partition coefficient (Wildman–Crippen LogP) is 2.82. The predicted molar refractivity (Wildman–Crippen MR) is 112 cm³/mol. The van der Waals surface area contributed by atoms with E-state index in [1.165, 1.54) is 12.3 Å². The van der Waals surface area contributed by atoms with E-state index < -0.39 is 11.5 Å². The Labute approximate surface area is 171 Å². The van der Waals surface area contributed by atoms with Crippen LogP contribution < -0.4 is 15.8 Å². The van der Waals surface area contributed by atoms with E-state index >= 15 is 0 Å². The zero-order chi connectivity index (χ0) is 20.9. The van der Waals surface area contributed by atoms with Crippen molar-refractivity contribution >= 4 is 23.1 Å². The van der Waals surface area contributed by atoms with Gasteiger partial charge in [-0.3, -0.25) is 4.79 Å². The molecule has 0 fully saturated rings. The largest absolute Gasteiger partial charge is 0.484 e. The number of benzene rings is 2. The molecule has 30 heavy (non-hydrogen) atoms. The lowest BCUT2D eigenvalue weighted by atomic mass is 10.1. The van der Waals surface area contributed by atoms with Crippen molar-refractivity contribution in [3.05, 3.63) is 88.5 Å². The summed E-state index contributed by atoms with van der Waals surface area (Å²) in [5.74, 6) is -0.00740. The van der Waals surface area contributed by atoms with E-state index in [2.05, 4.69) is 15.6 Å². The maximum atomic E-state index is 12.0. The second-order valence-corrected chi connectivity index (χ2v) is 6.54. The van der Waals surface area contributed by atoms with Crippen molar-refractivity contribution < 1.29 is 13.9 Å². The molecule has 0 bridgehead atoms. The molecule has 0 aliphatic heterocycles. The lowest BCUT2D eigenvalue weighted by Crippen LogP contribution is -2.24. The number of amides is 1. The first-order valence-corrected chi connectivity index (χ1v) is 9.18. The van der Waals surface area contributed by atoms with Crippen molar-refractivity contribution in [2.24, 2.45) is 5.10 Å². The van der Waals surface area contributed by atoms with Crippen LogP contribution in [0.2, 0.25) is 0 Å². The van der Waals surface area contributed by atoms with Gasteiger partial charge in [0.25, 0.3) is 5.91 Å². The van der Waals surface area contributed by atoms with Crippen LogP contribution in [-0.2, 0) is 4.79 Å². The van der Waals surface area contributed by atoms with Gasteiger partial charge in [-0.05, 0) is 36.8 Å². The van der Waals surface area contributed by atoms with Crippen LogP contribution in [0.5, 0.6) is 5.75 Å². The van der Waals surface area contributed by atoms with Gasteiger partial charge in [0.2, 0.25) is 0 Å². The Morgan fingerprint density at radius 3 is 2.90 bits per heavy atom. The number of rotatable bonds is 6. The summed E-state index contributed by atoms with van der Waals surface area (Å²) >= 11 is 0. The smallest absolute Gasteiger partial charge is 0.336 e. The average molecular weight is 402 g/mol. The van der Waals surface area contributed by atoms with E-state index in [1.54, 1.807) is 35.3 Å². The quantitative estimate of drug-likeness (QED) is 0.304. The SMILES string of the molecule is Cc1cc(=O)oc2cc(OCC(=O)N/N=C\c3cnn(-c4ccccc4)c3)ccc12. The summed E-state index contributed by atoms with van der Waals surface area (Å²) in [4.78, 5) is 23.5. The molecule has 1 N–H and O–H groups in total. The molecular weight excluding hydrogens is 384 g/mol. The van der Waals surface area contributed by atoms with Gasteiger partial charge in [-0.1, -0.05) is 18.2 Å². The van der Waals surface area contributed by atoms with Gasteiger partial charge in [0, 0.05) is 29.3 Å². The van der Waals surface area contributed by atoms with Crippen molar-refractivity contribution in [2.45, 2.75) is 6.92 Å². The molecule has 4 rings (SSSR count). The molecule has 0 saturated carbocycles. The van der Waals surface area contributed by atoms with E-state index in [-0.39, 0.29) is 6.61 Å². The number of hydrogen-bond acceptors (Lipinski definition) is 6. The van der Waals surface area contributed by atoms with E-state index in [0.29, 0.717) is 11.3 Å². The van der Waals surface area contributed by atoms with Gasteiger partial charge >= 0.3 is 5.63 Å². The Bertz CT molecular complexity index is 1280. The molecule has 0 spiro atoms. The summed E-state index contributed by atoms with van der Waals surface area (Å²) in [6.07, 6.45) is 4.94. The molecule has 4 aromatic rings. The van der Waals surface area contributed by atoms with E-state index in [9.17, 15) is 9.59 Å². The minimum absolute atomic E-state index is 0.234. The second kappa shape index (κ2) is 8.44. The average Bonchev–Trinajstić information content (AvgIpc) is 3.21. The number of carbonyl (C=O) groups excluding carboxylic acids is 1. The maximum Gasteiger partial charge on any atom is 0.336 e. The Balaban J connectivity index is 1.33. The highest BCUT2D eigenvalue weighted by Crippen LogP contribution is 2.22. The second-order valence-electron chi connectivity index (χ2n) is 6.54. The Morgan fingerprint density at radius 2 is 2.07 bits per heavy atom. The van der Waals surface area contributed by atoms with Crippen LogP contribution in [0.1, 0.15) is 11.1 Å². The van der Waals surface area contributed by atoms with Crippen LogP contribution in [-0.4, -0.2) is 28.5 Å². The highest BCUT2D eigenvalue weighted by Gasteiger charge is 2.06. The number of carbonyl (C=O) groups is 1. The number of nitrogens with zero attached hydrogens (tertiary/aromatic N) is 3. The first kappa shape index (κ1) is 19.1. The normalized spacial score (nSPS) is 11.1. The molecule has 1 amide bonds.